The fourth-order valence-electron chi connectivity index (χ4n) is 3.61. The fraction of sp³-hybridized carbons (Fsp3) is 1.00. The maximum Gasteiger partial charge on any atom is 0.00749 e. The van der Waals surface area contributed by atoms with E-state index in [4.69, 9.17) is 0 Å². The summed E-state index contributed by atoms with van der Waals surface area (Å²) in [5, 5.41) is 3.90. The number of nitrogens with one attached hydrogen (secondary N) is 1. The zero-order valence-electron chi connectivity index (χ0n) is 12.1. The van der Waals surface area contributed by atoms with E-state index >= 15 is 0 Å². The first-order valence-electron chi connectivity index (χ1n) is 7.41. The van der Waals surface area contributed by atoms with Crippen molar-refractivity contribution in [3.05, 3.63) is 0 Å². The molecule has 0 bridgehead atoms. The third-order valence-corrected chi connectivity index (χ3v) is 4.94. The second kappa shape index (κ2) is 5.27. The number of nitrogens with zero attached hydrogens (tertiary/aromatic N) is 1. The average Bonchev–Trinajstić information content (AvgIpc) is 2.59. The van der Waals surface area contributed by atoms with E-state index in [0.29, 0.717) is 11.5 Å². The molecule has 2 unspecified atom stereocenters. The topological polar surface area (TPSA) is 15.3 Å². The second-order valence-electron chi connectivity index (χ2n) is 7.20. The van der Waals surface area contributed by atoms with Crippen molar-refractivity contribution >= 4 is 0 Å². The van der Waals surface area contributed by atoms with Crippen molar-refractivity contribution in [3.8, 4) is 0 Å². The molecule has 0 aromatic carbocycles. The zero-order chi connectivity index (χ0) is 12.5. The number of hydrogen-bond acceptors (Lipinski definition) is 2. The van der Waals surface area contributed by atoms with Crippen LogP contribution in [0.2, 0.25) is 0 Å². The summed E-state index contributed by atoms with van der Waals surface area (Å²) in [7, 11) is 2.24. The van der Waals surface area contributed by atoms with Gasteiger partial charge in [0.2, 0.25) is 0 Å². The lowest BCUT2D eigenvalue weighted by Gasteiger charge is -2.34. The maximum absolute atomic E-state index is 3.90. The standard InChI is InChI=1S/C15H30N2/c1-12(13-6-9-17(4)10-7-13)16-14-5-8-15(2,3)11-14/h12-14,16H,5-11H2,1-4H3. The van der Waals surface area contributed by atoms with E-state index in [1.165, 1.54) is 45.2 Å². The first kappa shape index (κ1) is 13.4. The van der Waals surface area contributed by atoms with Crippen LogP contribution in [0.3, 0.4) is 0 Å². The number of piperidine rings is 1. The Bertz CT molecular complexity index is 241. The molecule has 2 rings (SSSR count). The van der Waals surface area contributed by atoms with Gasteiger partial charge in [-0.05, 0) is 70.5 Å². The van der Waals surface area contributed by atoms with Crippen LogP contribution in [0.15, 0.2) is 0 Å². The van der Waals surface area contributed by atoms with E-state index in [2.05, 4.69) is 38.0 Å². The number of hydrogen-bond donors (Lipinski definition) is 1. The lowest BCUT2D eigenvalue weighted by Crippen LogP contribution is -2.44. The van der Waals surface area contributed by atoms with Crippen LogP contribution >= 0.6 is 0 Å². The van der Waals surface area contributed by atoms with E-state index in [1.807, 2.05) is 0 Å². The van der Waals surface area contributed by atoms with Crippen LogP contribution in [0.1, 0.15) is 52.9 Å². The van der Waals surface area contributed by atoms with Gasteiger partial charge in [-0.3, -0.25) is 0 Å². The van der Waals surface area contributed by atoms with Crippen molar-refractivity contribution in [2.24, 2.45) is 11.3 Å². The Hall–Kier alpha value is -0.0800. The first-order valence-corrected chi connectivity index (χ1v) is 7.41. The van der Waals surface area contributed by atoms with Crippen molar-refractivity contribution in [3.63, 3.8) is 0 Å². The van der Waals surface area contributed by atoms with Crippen LogP contribution in [0.4, 0.5) is 0 Å². The Morgan fingerprint density at radius 2 is 1.82 bits per heavy atom. The molecule has 1 aliphatic carbocycles. The molecule has 0 radical (unpaired) electrons. The predicted octanol–water partition coefficient (Wildman–Crippen LogP) is 2.89. The predicted molar refractivity (Wildman–Crippen MR) is 74.2 cm³/mol. The molecule has 1 saturated carbocycles. The molecule has 0 aromatic rings. The molecule has 0 spiro atoms. The minimum Gasteiger partial charge on any atom is -0.311 e. The Kier molecular flexibility index (Phi) is 4.14. The third-order valence-electron chi connectivity index (χ3n) is 4.94. The molecular formula is C15H30N2. The lowest BCUT2D eigenvalue weighted by atomic mass is 9.89. The van der Waals surface area contributed by atoms with E-state index in [9.17, 15) is 0 Å². The van der Waals surface area contributed by atoms with Crippen molar-refractivity contribution in [1.82, 2.24) is 10.2 Å². The van der Waals surface area contributed by atoms with Crippen LogP contribution in [0.5, 0.6) is 0 Å². The molecule has 1 aliphatic heterocycles. The minimum absolute atomic E-state index is 0.574. The molecule has 1 heterocycles. The van der Waals surface area contributed by atoms with Gasteiger partial charge in [-0.25, -0.2) is 0 Å². The quantitative estimate of drug-likeness (QED) is 0.813. The van der Waals surface area contributed by atoms with Crippen molar-refractivity contribution in [2.45, 2.75) is 65.0 Å². The van der Waals surface area contributed by atoms with Crippen molar-refractivity contribution < 1.29 is 0 Å². The van der Waals surface area contributed by atoms with Gasteiger partial charge in [0, 0.05) is 12.1 Å². The summed E-state index contributed by atoms with van der Waals surface area (Å²) < 4.78 is 0. The van der Waals surface area contributed by atoms with Gasteiger partial charge in [-0.1, -0.05) is 13.8 Å². The second-order valence-corrected chi connectivity index (χ2v) is 7.20. The summed E-state index contributed by atoms with van der Waals surface area (Å²) in [5.41, 5.74) is 0.574. The largest absolute Gasteiger partial charge is 0.311 e. The molecular weight excluding hydrogens is 208 g/mol. The first-order chi connectivity index (χ1) is 7.96. The summed E-state index contributed by atoms with van der Waals surface area (Å²) in [4.78, 5) is 2.46. The molecule has 2 heteroatoms. The van der Waals surface area contributed by atoms with E-state index in [0.717, 1.165) is 12.0 Å². The van der Waals surface area contributed by atoms with Crippen LogP contribution in [-0.4, -0.2) is 37.1 Å². The SMILES string of the molecule is CC(NC1CCC(C)(C)C1)C1CCN(C)CC1. The van der Waals surface area contributed by atoms with Gasteiger partial charge < -0.3 is 10.2 Å². The zero-order valence-corrected chi connectivity index (χ0v) is 12.1. The van der Waals surface area contributed by atoms with E-state index in [1.54, 1.807) is 0 Å². The number of rotatable bonds is 3. The smallest absolute Gasteiger partial charge is 0.00749 e. The summed E-state index contributed by atoms with van der Waals surface area (Å²) in [6.07, 6.45) is 6.89. The third kappa shape index (κ3) is 3.69. The van der Waals surface area contributed by atoms with Gasteiger partial charge in [0.25, 0.3) is 0 Å². The van der Waals surface area contributed by atoms with Gasteiger partial charge in [0.1, 0.15) is 0 Å². The molecule has 0 amide bonds. The van der Waals surface area contributed by atoms with Crippen LogP contribution < -0.4 is 5.32 Å². The molecule has 2 fully saturated rings. The highest BCUT2D eigenvalue weighted by molar-refractivity contribution is 4.89. The minimum atomic E-state index is 0.574. The normalized spacial score (nSPS) is 32.8. The molecule has 100 valence electrons. The summed E-state index contributed by atoms with van der Waals surface area (Å²) in [5.74, 6) is 0.898. The van der Waals surface area contributed by atoms with Gasteiger partial charge in [-0.2, -0.15) is 0 Å². The Morgan fingerprint density at radius 1 is 1.18 bits per heavy atom. The summed E-state index contributed by atoms with van der Waals surface area (Å²) in [6.45, 7) is 9.80. The van der Waals surface area contributed by atoms with Crippen LogP contribution in [-0.2, 0) is 0 Å². The maximum atomic E-state index is 3.90. The van der Waals surface area contributed by atoms with E-state index < -0.39 is 0 Å². The Balaban J connectivity index is 1.76. The molecule has 2 atom stereocenters. The molecule has 0 aromatic heterocycles. The lowest BCUT2D eigenvalue weighted by molar-refractivity contribution is 0.182. The Morgan fingerprint density at radius 3 is 2.35 bits per heavy atom. The van der Waals surface area contributed by atoms with Crippen LogP contribution in [0, 0.1) is 11.3 Å². The van der Waals surface area contributed by atoms with Gasteiger partial charge in [-0.15, -0.1) is 0 Å². The van der Waals surface area contributed by atoms with Crippen LogP contribution in [0.25, 0.3) is 0 Å². The molecule has 1 saturated heterocycles. The monoisotopic (exact) mass is 238 g/mol. The molecule has 17 heavy (non-hydrogen) atoms. The molecule has 2 nitrogen and oxygen atoms in total. The highest BCUT2D eigenvalue weighted by atomic mass is 15.1. The van der Waals surface area contributed by atoms with Crippen molar-refractivity contribution in [2.75, 3.05) is 20.1 Å². The van der Waals surface area contributed by atoms with Crippen molar-refractivity contribution in [1.29, 1.82) is 0 Å². The van der Waals surface area contributed by atoms with E-state index in [-0.39, 0.29) is 0 Å². The molecule has 2 aliphatic rings. The number of likely N-dealkylation sites (tertiary alicyclic amines) is 1. The summed E-state index contributed by atoms with van der Waals surface area (Å²) in [6, 6.07) is 1.49. The molecule has 1 N–H and O–H groups in total. The average molecular weight is 238 g/mol. The highest BCUT2D eigenvalue weighted by Crippen LogP contribution is 2.37. The Labute approximate surface area is 107 Å². The highest BCUT2D eigenvalue weighted by Gasteiger charge is 2.32. The van der Waals surface area contributed by atoms with Gasteiger partial charge in [0.05, 0.1) is 0 Å². The summed E-state index contributed by atoms with van der Waals surface area (Å²) >= 11 is 0. The van der Waals surface area contributed by atoms with Gasteiger partial charge in [0.15, 0.2) is 0 Å². The fourth-order valence-corrected chi connectivity index (χ4v) is 3.61. The van der Waals surface area contributed by atoms with Gasteiger partial charge >= 0.3 is 0 Å².